The molecule has 0 radical (unpaired) electrons. The summed E-state index contributed by atoms with van der Waals surface area (Å²) in [6.07, 6.45) is 0. The van der Waals surface area contributed by atoms with Crippen LogP contribution in [0.2, 0.25) is 0 Å². The van der Waals surface area contributed by atoms with Crippen molar-refractivity contribution >= 4 is 76.3 Å². The van der Waals surface area contributed by atoms with Crippen molar-refractivity contribution in [2.24, 2.45) is 0 Å². The molecule has 9 rings (SSSR count). The molecule has 0 N–H and O–H groups in total. The van der Waals surface area contributed by atoms with E-state index >= 15 is 0 Å². The highest BCUT2D eigenvalue weighted by Crippen LogP contribution is 2.47. The average Bonchev–Trinajstić information content (AvgIpc) is 3.72. The van der Waals surface area contributed by atoms with E-state index in [-0.39, 0.29) is 0 Å². The number of hydrogen-bond donors (Lipinski definition) is 0. The molecule has 3 nitrogen and oxygen atoms in total. The fourth-order valence-corrected chi connectivity index (χ4v) is 7.53. The Morgan fingerprint density at radius 2 is 1.19 bits per heavy atom. The molecule has 4 heteroatoms. The van der Waals surface area contributed by atoms with Crippen LogP contribution in [-0.2, 0) is 0 Å². The van der Waals surface area contributed by atoms with Crippen molar-refractivity contribution in [3.63, 3.8) is 0 Å². The maximum atomic E-state index is 6.36. The molecule has 0 unspecified atom stereocenters. The zero-order valence-electron chi connectivity index (χ0n) is 22.6. The summed E-state index contributed by atoms with van der Waals surface area (Å²) in [4.78, 5) is 3.64. The van der Waals surface area contributed by atoms with Gasteiger partial charge in [0, 0.05) is 33.1 Å². The maximum absolute atomic E-state index is 6.36. The number of rotatable bonds is 4. The smallest absolute Gasteiger partial charge is 0.143 e. The number of nitrogens with zero attached hydrogens (tertiary/aromatic N) is 2. The first-order chi connectivity index (χ1) is 20.8. The molecule has 0 aliphatic carbocycles. The van der Waals surface area contributed by atoms with Gasteiger partial charge in [-0.1, -0.05) is 97.1 Å². The number of anilines is 3. The van der Waals surface area contributed by atoms with Gasteiger partial charge >= 0.3 is 0 Å². The van der Waals surface area contributed by atoms with Gasteiger partial charge in [0.1, 0.15) is 16.0 Å². The van der Waals surface area contributed by atoms with Gasteiger partial charge in [-0.3, -0.25) is 4.40 Å². The minimum atomic E-state index is 0.916. The van der Waals surface area contributed by atoms with E-state index in [0.717, 1.165) is 44.4 Å². The lowest BCUT2D eigenvalue weighted by molar-refractivity contribution is 0.670. The van der Waals surface area contributed by atoms with Crippen LogP contribution in [0.4, 0.5) is 17.1 Å². The Labute approximate surface area is 246 Å². The van der Waals surface area contributed by atoms with Crippen molar-refractivity contribution < 1.29 is 4.42 Å². The van der Waals surface area contributed by atoms with E-state index in [9.17, 15) is 0 Å². The first-order valence-electron chi connectivity index (χ1n) is 14.1. The van der Waals surface area contributed by atoms with Crippen LogP contribution in [0.5, 0.6) is 0 Å². The number of furan rings is 1. The Bertz CT molecular complexity index is 2410. The highest BCUT2D eigenvalue weighted by atomic mass is 32.1. The van der Waals surface area contributed by atoms with E-state index in [1.54, 1.807) is 0 Å². The van der Waals surface area contributed by atoms with Crippen molar-refractivity contribution in [2.45, 2.75) is 0 Å². The minimum Gasteiger partial charge on any atom is -0.455 e. The number of aromatic nitrogens is 1. The van der Waals surface area contributed by atoms with Gasteiger partial charge in [0.05, 0.1) is 21.4 Å². The van der Waals surface area contributed by atoms with E-state index in [4.69, 9.17) is 4.42 Å². The molecule has 0 saturated carbocycles. The number of thiazole rings is 1. The molecule has 3 aromatic heterocycles. The summed E-state index contributed by atoms with van der Waals surface area (Å²) in [5.41, 5.74) is 9.96. The second-order valence-electron chi connectivity index (χ2n) is 10.6. The third-order valence-electron chi connectivity index (χ3n) is 8.20. The Morgan fingerprint density at radius 3 is 2.05 bits per heavy atom. The molecule has 0 aliphatic rings. The molecule has 42 heavy (non-hydrogen) atoms. The molecule has 9 aromatic rings. The number of hydrogen-bond acceptors (Lipinski definition) is 3. The predicted molar refractivity (Wildman–Crippen MR) is 178 cm³/mol. The molecule has 3 heterocycles. The lowest BCUT2D eigenvalue weighted by Gasteiger charge is -2.25. The summed E-state index contributed by atoms with van der Waals surface area (Å²) in [5.74, 6) is 0. The molecule has 0 aliphatic heterocycles. The van der Waals surface area contributed by atoms with Crippen LogP contribution < -0.4 is 4.90 Å². The van der Waals surface area contributed by atoms with Gasteiger partial charge in [-0.15, -0.1) is 11.3 Å². The van der Waals surface area contributed by atoms with Gasteiger partial charge in [-0.25, -0.2) is 0 Å². The van der Waals surface area contributed by atoms with E-state index in [1.165, 1.54) is 31.6 Å². The molecule has 0 atom stereocenters. The summed E-state index contributed by atoms with van der Waals surface area (Å²) < 4.78 is 10.1. The third kappa shape index (κ3) is 3.39. The Balaban J connectivity index is 1.26. The van der Waals surface area contributed by atoms with Gasteiger partial charge in [-0.05, 0) is 54.1 Å². The molecule has 0 saturated heterocycles. The SMILES string of the molecule is c1ccc(N(c2ccc(-c3cccc4c3oc3ccccc34)cc2)c2c3ccccc3n3c2sc2ccccc23)cc1. The first-order valence-corrected chi connectivity index (χ1v) is 14.9. The van der Waals surface area contributed by atoms with Crippen molar-refractivity contribution in [1.29, 1.82) is 0 Å². The molecule has 0 fully saturated rings. The van der Waals surface area contributed by atoms with Crippen LogP contribution in [0.1, 0.15) is 0 Å². The van der Waals surface area contributed by atoms with Crippen LogP contribution in [0.25, 0.3) is 59.0 Å². The van der Waals surface area contributed by atoms with E-state index in [2.05, 4.69) is 143 Å². The predicted octanol–water partition coefficient (Wildman–Crippen LogP) is 11.3. The van der Waals surface area contributed by atoms with Gasteiger partial charge in [0.2, 0.25) is 0 Å². The topological polar surface area (TPSA) is 20.8 Å². The molecule has 0 amide bonds. The zero-order chi connectivity index (χ0) is 27.6. The third-order valence-corrected chi connectivity index (χ3v) is 9.33. The van der Waals surface area contributed by atoms with Crippen LogP contribution in [-0.4, -0.2) is 4.40 Å². The number of benzene rings is 6. The number of fused-ring (bicyclic) bond motifs is 8. The highest BCUT2D eigenvalue weighted by Gasteiger charge is 2.24. The van der Waals surface area contributed by atoms with Gasteiger partial charge in [0.15, 0.2) is 0 Å². The lowest BCUT2D eigenvalue weighted by atomic mass is 10.0. The van der Waals surface area contributed by atoms with E-state index in [0.29, 0.717) is 0 Å². The summed E-state index contributed by atoms with van der Waals surface area (Å²) >= 11 is 1.84. The first kappa shape index (κ1) is 23.4. The Morgan fingerprint density at radius 1 is 0.524 bits per heavy atom. The van der Waals surface area contributed by atoms with E-state index < -0.39 is 0 Å². The number of para-hydroxylation sites is 5. The second-order valence-corrected chi connectivity index (χ2v) is 11.6. The largest absolute Gasteiger partial charge is 0.455 e. The highest BCUT2D eigenvalue weighted by molar-refractivity contribution is 7.24. The summed E-state index contributed by atoms with van der Waals surface area (Å²) in [5, 5.41) is 3.52. The summed E-state index contributed by atoms with van der Waals surface area (Å²) in [6, 6.07) is 51.7. The van der Waals surface area contributed by atoms with Crippen molar-refractivity contribution in [1.82, 2.24) is 4.40 Å². The second kappa shape index (κ2) is 9.10. The van der Waals surface area contributed by atoms with Crippen LogP contribution in [0.3, 0.4) is 0 Å². The maximum Gasteiger partial charge on any atom is 0.143 e. The van der Waals surface area contributed by atoms with E-state index in [1.807, 2.05) is 23.5 Å². The Kier molecular flexibility index (Phi) is 5.07. The van der Waals surface area contributed by atoms with Crippen LogP contribution >= 0.6 is 11.3 Å². The van der Waals surface area contributed by atoms with Gasteiger partial charge in [0.25, 0.3) is 0 Å². The quantitative estimate of drug-likeness (QED) is 0.215. The molecule has 6 aromatic carbocycles. The fraction of sp³-hybridized carbons (Fsp3) is 0. The molecular weight excluding hydrogens is 532 g/mol. The Hall–Kier alpha value is -5.32. The molecule has 198 valence electrons. The van der Waals surface area contributed by atoms with Crippen LogP contribution in [0.15, 0.2) is 150 Å². The monoisotopic (exact) mass is 556 g/mol. The van der Waals surface area contributed by atoms with Crippen molar-refractivity contribution in [3.8, 4) is 11.1 Å². The minimum absolute atomic E-state index is 0.916. The average molecular weight is 557 g/mol. The summed E-state index contributed by atoms with van der Waals surface area (Å²) in [6.45, 7) is 0. The van der Waals surface area contributed by atoms with Crippen molar-refractivity contribution in [3.05, 3.63) is 146 Å². The fourth-order valence-electron chi connectivity index (χ4n) is 6.33. The standard InChI is InChI=1S/C38H24N2OS/c1-2-11-26(12-3-1)39(36-31-14-4-6-17-32(31)40-33-18-7-9-20-35(33)42-38(36)40)27-23-21-25(22-24-27)28-15-10-16-30-29-13-5-8-19-34(29)41-37(28)30/h1-24H. The zero-order valence-corrected chi connectivity index (χ0v) is 23.4. The van der Waals surface area contributed by atoms with Gasteiger partial charge in [-0.2, -0.15) is 0 Å². The summed E-state index contributed by atoms with van der Waals surface area (Å²) in [7, 11) is 0. The van der Waals surface area contributed by atoms with Crippen molar-refractivity contribution in [2.75, 3.05) is 4.90 Å². The lowest BCUT2D eigenvalue weighted by Crippen LogP contribution is -2.09. The van der Waals surface area contributed by atoms with Crippen LogP contribution in [0, 0.1) is 0 Å². The molecule has 0 bridgehead atoms. The normalized spacial score (nSPS) is 11.8. The molecular formula is C38H24N2OS. The molecule has 0 spiro atoms. The van der Waals surface area contributed by atoms with Gasteiger partial charge < -0.3 is 9.32 Å².